The number of hydrogen-bond acceptors (Lipinski definition) is 7. The number of rotatable bonds is 9. The predicted octanol–water partition coefficient (Wildman–Crippen LogP) is 5.57. The van der Waals surface area contributed by atoms with Crippen LogP contribution in [0, 0.1) is 12.8 Å². The lowest BCUT2D eigenvalue weighted by molar-refractivity contribution is -0.136. The molecule has 6 rings (SSSR count). The Labute approximate surface area is 242 Å². The third kappa shape index (κ3) is 4.98. The zero-order chi connectivity index (χ0) is 28.6. The van der Waals surface area contributed by atoms with Crippen molar-refractivity contribution in [2.24, 2.45) is 5.92 Å². The fraction of sp³-hybridized carbons (Fsp3) is 0.364. The highest BCUT2D eigenvalue weighted by atomic mass is 32.2. The predicted molar refractivity (Wildman–Crippen MR) is 158 cm³/mol. The summed E-state index contributed by atoms with van der Waals surface area (Å²) in [6.45, 7) is 3.70. The van der Waals surface area contributed by atoms with E-state index in [9.17, 15) is 13.2 Å². The summed E-state index contributed by atoms with van der Waals surface area (Å²) in [5.74, 6) is -0.194. The van der Waals surface area contributed by atoms with Crippen LogP contribution in [0.4, 0.5) is 5.69 Å². The zero-order valence-electron chi connectivity index (χ0n) is 23.5. The second kappa shape index (κ2) is 11.1. The lowest BCUT2D eigenvalue weighted by Gasteiger charge is -2.46. The summed E-state index contributed by atoms with van der Waals surface area (Å²) in [4.78, 5) is 15.9. The number of likely N-dealkylation sites (tertiary alicyclic amines) is 1. The molecule has 1 aliphatic carbocycles. The number of nitrogens with zero attached hydrogens (tertiary/aromatic N) is 1. The first-order valence-corrected chi connectivity index (χ1v) is 15.7. The molecule has 0 saturated carbocycles. The number of para-hydroxylation sites is 1. The largest absolute Gasteiger partial charge is 0.466 e. The Morgan fingerprint density at radius 3 is 2.51 bits per heavy atom. The van der Waals surface area contributed by atoms with E-state index in [4.69, 9.17) is 8.92 Å². The van der Waals surface area contributed by atoms with Crippen molar-refractivity contribution in [1.29, 1.82) is 0 Å². The molecular formula is C33H36N2O5S. The van der Waals surface area contributed by atoms with Crippen LogP contribution in [0.25, 0.3) is 0 Å². The van der Waals surface area contributed by atoms with E-state index < -0.39 is 10.1 Å². The zero-order valence-corrected chi connectivity index (χ0v) is 24.3. The van der Waals surface area contributed by atoms with E-state index in [1.165, 1.54) is 18.2 Å². The number of ether oxygens (including phenoxy) is 1. The number of esters is 1. The molecule has 3 unspecified atom stereocenters. The van der Waals surface area contributed by atoms with E-state index in [0.717, 1.165) is 42.9 Å². The fourth-order valence-electron chi connectivity index (χ4n) is 7.22. The molecule has 1 spiro atoms. The van der Waals surface area contributed by atoms with Gasteiger partial charge in [-0.3, -0.25) is 9.08 Å². The van der Waals surface area contributed by atoms with Gasteiger partial charge >= 0.3 is 5.97 Å². The van der Waals surface area contributed by atoms with Crippen molar-refractivity contribution in [3.63, 3.8) is 0 Å². The number of anilines is 1. The normalized spacial score (nSPS) is 23.5. The monoisotopic (exact) mass is 572 g/mol. The minimum absolute atomic E-state index is 0.0874. The average molecular weight is 573 g/mol. The number of hydrogen-bond donors (Lipinski definition) is 1. The summed E-state index contributed by atoms with van der Waals surface area (Å²) < 4.78 is 36.3. The maximum Gasteiger partial charge on any atom is 0.335 e. The molecule has 0 radical (unpaired) electrons. The topological polar surface area (TPSA) is 84.9 Å². The van der Waals surface area contributed by atoms with Crippen molar-refractivity contribution in [1.82, 2.24) is 4.90 Å². The van der Waals surface area contributed by atoms with E-state index >= 15 is 0 Å². The summed E-state index contributed by atoms with van der Waals surface area (Å²) in [6, 6.07) is 25.7. The van der Waals surface area contributed by atoms with E-state index in [0.29, 0.717) is 18.4 Å². The number of fused-ring (bicyclic) bond motifs is 1. The van der Waals surface area contributed by atoms with Gasteiger partial charge < -0.3 is 10.1 Å². The highest BCUT2D eigenvalue weighted by Crippen LogP contribution is 2.59. The SMILES string of the molecule is COC(=O)C1=C2Nc3ccccc3C23CCN(Cc2ccccc2)C3C(CCCOS(=O)(=O)c2ccc(C)cc2)C1. The molecule has 0 amide bonds. The minimum Gasteiger partial charge on any atom is -0.466 e. The molecule has 0 bridgehead atoms. The first-order chi connectivity index (χ1) is 19.8. The minimum atomic E-state index is -3.84. The Bertz CT molecular complexity index is 1570. The van der Waals surface area contributed by atoms with E-state index in [-0.39, 0.29) is 34.8 Å². The molecule has 41 heavy (non-hydrogen) atoms. The van der Waals surface area contributed by atoms with Crippen LogP contribution in [-0.2, 0) is 35.8 Å². The van der Waals surface area contributed by atoms with Gasteiger partial charge in [-0.25, -0.2) is 4.79 Å². The smallest absolute Gasteiger partial charge is 0.335 e. The van der Waals surface area contributed by atoms with Crippen LogP contribution in [0.2, 0.25) is 0 Å². The van der Waals surface area contributed by atoms with Gasteiger partial charge in [-0.15, -0.1) is 0 Å². The molecular weight excluding hydrogens is 536 g/mol. The first-order valence-electron chi connectivity index (χ1n) is 14.3. The molecule has 2 heterocycles. The van der Waals surface area contributed by atoms with Crippen LogP contribution in [0.5, 0.6) is 0 Å². The second-order valence-corrected chi connectivity index (χ2v) is 12.9. The summed E-state index contributed by atoms with van der Waals surface area (Å²) in [5, 5.41) is 3.63. The van der Waals surface area contributed by atoms with Gasteiger partial charge in [0, 0.05) is 30.5 Å². The van der Waals surface area contributed by atoms with Crippen LogP contribution in [-0.4, -0.2) is 45.6 Å². The van der Waals surface area contributed by atoms with Gasteiger partial charge in [0.05, 0.1) is 29.6 Å². The highest BCUT2D eigenvalue weighted by Gasteiger charge is 2.60. The van der Waals surface area contributed by atoms with Gasteiger partial charge in [0.25, 0.3) is 10.1 Å². The number of benzene rings is 3. The van der Waals surface area contributed by atoms with Crippen molar-refractivity contribution < 1.29 is 22.1 Å². The first kappa shape index (κ1) is 27.7. The molecule has 8 heteroatoms. The Morgan fingerprint density at radius 2 is 1.76 bits per heavy atom. The molecule has 3 aromatic carbocycles. The van der Waals surface area contributed by atoms with E-state index in [1.807, 2.05) is 19.1 Å². The standard InChI is InChI=1S/C33H36N2O5S/c1-23-14-16-26(17-15-23)41(37,38)40-20-8-11-25-21-27(32(36)39-2)30-33(28-12-6-7-13-29(28)34-30)18-19-35(31(25)33)22-24-9-4-3-5-10-24/h3-7,9-10,12-17,25,31,34H,8,11,18-22H2,1-2H3. The molecule has 3 atom stereocenters. The number of carbonyl (C=O) groups excluding carboxylic acids is 1. The Kier molecular flexibility index (Phi) is 7.49. The quantitative estimate of drug-likeness (QED) is 0.204. The average Bonchev–Trinajstić information content (AvgIpc) is 3.53. The maximum absolute atomic E-state index is 13.2. The van der Waals surface area contributed by atoms with Gasteiger partial charge in [-0.2, -0.15) is 8.42 Å². The van der Waals surface area contributed by atoms with Gasteiger partial charge in [0.15, 0.2) is 0 Å². The number of methoxy groups -OCH3 is 1. The van der Waals surface area contributed by atoms with Crippen LogP contribution in [0.3, 0.4) is 0 Å². The van der Waals surface area contributed by atoms with Gasteiger partial charge in [0.2, 0.25) is 0 Å². The van der Waals surface area contributed by atoms with Crippen molar-refractivity contribution in [3.05, 3.63) is 107 Å². The van der Waals surface area contributed by atoms with Gasteiger partial charge in [-0.05, 0) is 67.9 Å². The second-order valence-electron chi connectivity index (χ2n) is 11.3. The molecule has 1 saturated heterocycles. The van der Waals surface area contributed by atoms with Crippen molar-refractivity contribution in [2.45, 2.75) is 55.5 Å². The molecule has 1 fully saturated rings. The third-order valence-electron chi connectivity index (χ3n) is 8.95. The lowest BCUT2D eigenvalue weighted by Crippen LogP contribution is -2.51. The summed E-state index contributed by atoms with van der Waals surface area (Å²) in [7, 11) is -2.40. The summed E-state index contributed by atoms with van der Waals surface area (Å²) >= 11 is 0. The van der Waals surface area contributed by atoms with Crippen LogP contribution < -0.4 is 5.32 Å². The maximum atomic E-state index is 13.2. The van der Waals surface area contributed by atoms with Crippen molar-refractivity contribution >= 4 is 21.8 Å². The van der Waals surface area contributed by atoms with Crippen LogP contribution in [0.1, 0.15) is 42.4 Å². The van der Waals surface area contributed by atoms with Crippen LogP contribution in [0.15, 0.2) is 95.0 Å². The molecule has 3 aromatic rings. The fourth-order valence-corrected chi connectivity index (χ4v) is 8.16. The van der Waals surface area contributed by atoms with E-state index in [1.54, 1.807) is 24.3 Å². The Morgan fingerprint density at radius 1 is 1.02 bits per heavy atom. The molecule has 0 aromatic heterocycles. The molecule has 3 aliphatic rings. The van der Waals surface area contributed by atoms with Crippen LogP contribution >= 0.6 is 0 Å². The molecule has 1 N–H and O–H groups in total. The Hall–Kier alpha value is -3.46. The molecule has 2 aliphatic heterocycles. The summed E-state index contributed by atoms with van der Waals surface area (Å²) in [5.41, 5.74) is 5.82. The van der Waals surface area contributed by atoms with Crippen molar-refractivity contribution in [3.8, 4) is 0 Å². The lowest BCUT2D eigenvalue weighted by atomic mass is 9.62. The van der Waals surface area contributed by atoms with Gasteiger partial charge in [-0.1, -0.05) is 66.2 Å². The van der Waals surface area contributed by atoms with Gasteiger partial charge in [0.1, 0.15) is 0 Å². The molecule has 7 nitrogen and oxygen atoms in total. The number of carbonyl (C=O) groups is 1. The Balaban J connectivity index is 1.30. The number of aryl methyl sites for hydroxylation is 1. The molecule has 214 valence electrons. The number of nitrogens with one attached hydrogen (secondary N) is 1. The highest BCUT2D eigenvalue weighted by molar-refractivity contribution is 7.86. The third-order valence-corrected chi connectivity index (χ3v) is 10.3. The van der Waals surface area contributed by atoms with Crippen molar-refractivity contribution in [2.75, 3.05) is 25.6 Å². The summed E-state index contributed by atoms with van der Waals surface area (Å²) in [6.07, 6.45) is 2.72. The van der Waals surface area contributed by atoms with E-state index in [2.05, 4.69) is 52.7 Å².